The van der Waals surface area contributed by atoms with Crippen LogP contribution in [0.25, 0.3) is 0 Å². The SMILES string of the molecule is CC[C@H](C)NC(=O)[C@H](C)N(Cc1ccccc1)C(=O)Cc1ccccc1. The molecule has 0 saturated heterocycles. The first kappa shape index (κ1) is 19.7. The highest BCUT2D eigenvalue weighted by molar-refractivity contribution is 5.88. The number of carbonyl (C=O) groups excluding carboxylic acids is 2. The van der Waals surface area contributed by atoms with Gasteiger partial charge in [-0.05, 0) is 31.4 Å². The minimum absolute atomic E-state index is 0.0492. The Labute approximate surface area is 156 Å². The van der Waals surface area contributed by atoms with Crippen LogP contribution >= 0.6 is 0 Å². The van der Waals surface area contributed by atoms with Crippen molar-refractivity contribution >= 4 is 11.8 Å². The molecule has 0 radical (unpaired) electrons. The van der Waals surface area contributed by atoms with Gasteiger partial charge in [0.25, 0.3) is 0 Å². The van der Waals surface area contributed by atoms with Crippen LogP contribution < -0.4 is 5.32 Å². The van der Waals surface area contributed by atoms with Crippen molar-refractivity contribution in [3.63, 3.8) is 0 Å². The maximum atomic E-state index is 13.0. The van der Waals surface area contributed by atoms with Crippen LogP contribution in [0, 0.1) is 0 Å². The Morgan fingerprint density at radius 2 is 1.46 bits per heavy atom. The second-order valence-corrected chi connectivity index (χ2v) is 6.66. The molecule has 4 heteroatoms. The summed E-state index contributed by atoms with van der Waals surface area (Å²) in [4.78, 5) is 27.2. The van der Waals surface area contributed by atoms with Crippen molar-refractivity contribution in [1.29, 1.82) is 0 Å². The highest BCUT2D eigenvalue weighted by Gasteiger charge is 2.26. The van der Waals surface area contributed by atoms with Crippen molar-refractivity contribution in [2.75, 3.05) is 0 Å². The van der Waals surface area contributed by atoms with Crippen molar-refractivity contribution in [3.05, 3.63) is 71.8 Å². The number of hydrogen-bond donors (Lipinski definition) is 1. The fourth-order valence-electron chi connectivity index (χ4n) is 2.70. The maximum absolute atomic E-state index is 13.0. The molecule has 2 amide bonds. The van der Waals surface area contributed by atoms with Crippen molar-refractivity contribution < 1.29 is 9.59 Å². The second kappa shape index (κ2) is 9.76. The molecule has 26 heavy (non-hydrogen) atoms. The molecule has 2 atom stereocenters. The monoisotopic (exact) mass is 352 g/mol. The molecule has 4 nitrogen and oxygen atoms in total. The highest BCUT2D eigenvalue weighted by Crippen LogP contribution is 2.12. The van der Waals surface area contributed by atoms with E-state index in [0.717, 1.165) is 17.5 Å². The molecule has 0 bridgehead atoms. The lowest BCUT2D eigenvalue weighted by Gasteiger charge is -2.29. The van der Waals surface area contributed by atoms with Gasteiger partial charge in [-0.25, -0.2) is 0 Å². The minimum Gasteiger partial charge on any atom is -0.352 e. The van der Waals surface area contributed by atoms with Gasteiger partial charge in [-0.3, -0.25) is 9.59 Å². The molecule has 0 aliphatic carbocycles. The summed E-state index contributed by atoms with van der Waals surface area (Å²) in [7, 11) is 0. The Bertz CT molecular complexity index is 701. The van der Waals surface area contributed by atoms with E-state index >= 15 is 0 Å². The minimum atomic E-state index is -0.527. The van der Waals surface area contributed by atoms with Crippen LogP contribution in [-0.2, 0) is 22.6 Å². The first-order chi connectivity index (χ1) is 12.5. The highest BCUT2D eigenvalue weighted by atomic mass is 16.2. The largest absolute Gasteiger partial charge is 0.352 e. The molecule has 138 valence electrons. The summed E-state index contributed by atoms with van der Waals surface area (Å²) < 4.78 is 0. The maximum Gasteiger partial charge on any atom is 0.242 e. The summed E-state index contributed by atoms with van der Waals surface area (Å²) in [5.41, 5.74) is 1.96. The number of nitrogens with zero attached hydrogens (tertiary/aromatic N) is 1. The third-order valence-corrected chi connectivity index (χ3v) is 4.56. The summed E-state index contributed by atoms with van der Waals surface area (Å²) in [6.07, 6.45) is 1.14. The molecule has 0 fully saturated rings. The summed E-state index contributed by atoms with van der Waals surface area (Å²) in [6, 6.07) is 19.0. The summed E-state index contributed by atoms with van der Waals surface area (Å²) in [5.74, 6) is -0.163. The molecule has 0 spiro atoms. The van der Waals surface area contributed by atoms with Crippen molar-refractivity contribution in [3.8, 4) is 0 Å². The van der Waals surface area contributed by atoms with Gasteiger partial charge in [0.1, 0.15) is 6.04 Å². The van der Waals surface area contributed by atoms with Gasteiger partial charge in [-0.1, -0.05) is 67.6 Å². The molecule has 2 aromatic rings. The average Bonchev–Trinajstić information content (AvgIpc) is 2.66. The van der Waals surface area contributed by atoms with Crippen molar-refractivity contribution in [2.24, 2.45) is 0 Å². The van der Waals surface area contributed by atoms with E-state index in [9.17, 15) is 9.59 Å². The Kier molecular flexibility index (Phi) is 7.39. The number of hydrogen-bond acceptors (Lipinski definition) is 2. The molecular formula is C22H28N2O2. The van der Waals surface area contributed by atoms with E-state index in [4.69, 9.17) is 0 Å². The molecule has 0 aliphatic heterocycles. The Morgan fingerprint density at radius 1 is 0.923 bits per heavy atom. The number of nitrogens with one attached hydrogen (secondary N) is 1. The van der Waals surface area contributed by atoms with Crippen LogP contribution in [0.15, 0.2) is 60.7 Å². The quantitative estimate of drug-likeness (QED) is 0.790. The normalized spacial score (nSPS) is 12.9. The predicted molar refractivity (Wildman–Crippen MR) is 104 cm³/mol. The van der Waals surface area contributed by atoms with Crippen LogP contribution in [0.2, 0.25) is 0 Å². The van der Waals surface area contributed by atoms with Gasteiger partial charge >= 0.3 is 0 Å². The molecule has 0 unspecified atom stereocenters. The van der Waals surface area contributed by atoms with Crippen molar-refractivity contribution in [2.45, 2.75) is 52.2 Å². The average molecular weight is 352 g/mol. The first-order valence-corrected chi connectivity index (χ1v) is 9.19. The summed E-state index contributed by atoms with van der Waals surface area (Å²) in [5, 5.41) is 2.98. The summed E-state index contributed by atoms with van der Waals surface area (Å²) in [6.45, 7) is 6.21. The number of rotatable bonds is 8. The zero-order valence-corrected chi connectivity index (χ0v) is 15.8. The molecule has 0 aliphatic rings. The van der Waals surface area contributed by atoms with Gasteiger partial charge in [0.2, 0.25) is 11.8 Å². The van der Waals surface area contributed by atoms with E-state index in [1.165, 1.54) is 0 Å². The van der Waals surface area contributed by atoms with Gasteiger partial charge in [-0.2, -0.15) is 0 Å². The van der Waals surface area contributed by atoms with E-state index in [-0.39, 0.29) is 24.3 Å². The fourth-order valence-corrected chi connectivity index (χ4v) is 2.70. The lowest BCUT2D eigenvalue weighted by molar-refractivity contribution is -0.140. The van der Waals surface area contributed by atoms with Gasteiger partial charge in [0.15, 0.2) is 0 Å². The van der Waals surface area contributed by atoms with Crippen LogP contribution in [0.1, 0.15) is 38.3 Å². The molecule has 2 aromatic carbocycles. The molecule has 0 saturated carbocycles. The molecular weight excluding hydrogens is 324 g/mol. The zero-order valence-electron chi connectivity index (χ0n) is 15.8. The van der Waals surface area contributed by atoms with Crippen LogP contribution in [-0.4, -0.2) is 28.8 Å². The van der Waals surface area contributed by atoms with Crippen LogP contribution in [0.5, 0.6) is 0 Å². The lowest BCUT2D eigenvalue weighted by atomic mass is 10.1. The van der Waals surface area contributed by atoms with Gasteiger partial charge < -0.3 is 10.2 Å². The second-order valence-electron chi connectivity index (χ2n) is 6.66. The van der Waals surface area contributed by atoms with E-state index in [1.54, 1.807) is 11.8 Å². The molecule has 1 N–H and O–H groups in total. The van der Waals surface area contributed by atoms with Crippen LogP contribution in [0.4, 0.5) is 0 Å². The fraction of sp³-hybridized carbons (Fsp3) is 0.364. The third kappa shape index (κ3) is 5.73. The number of benzene rings is 2. The zero-order chi connectivity index (χ0) is 18.9. The topological polar surface area (TPSA) is 49.4 Å². The van der Waals surface area contributed by atoms with Crippen LogP contribution in [0.3, 0.4) is 0 Å². The Hall–Kier alpha value is -2.62. The third-order valence-electron chi connectivity index (χ3n) is 4.56. The first-order valence-electron chi connectivity index (χ1n) is 9.19. The smallest absolute Gasteiger partial charge is 0.242 e. The van der Waals surface area contributed by atoms with Gasteiger partial charge in [0, 0.05) is 12.6 Å². The van der Waals surface area contributed by atoms with E-state index in [2.05, 4.69) is 5.32 Å². The van der Waals surface area contributed by atoms with Gasteiger partial charge in [0.05, 0.1) is 6.42 Å². The predicted octanol–water partition coefficient (Wildman–Crippen LogP) is 3.56. The number of carbonyl (C=O) groups is 2. The molecule has 0 aromatic heterocycles. The molecule has 0 heterocycles. The summed E-state index contributed by atoms with van der Waals surface area (Å²) >= 11 is 0. The molecule has 2 rings (SSSR count). The standard InChI is InChI=1S/C22H28N2O2/c1-4-17(2)23-22(26)18(3)24(16-20-13-9-6-10-14-20)21(25)15-19-11-7-5-8-12-19/h5-14,17-18H,4,15-16H2,1-3H3,(H,23,26)/t17-,18-/m0/s1. The van der Waals surface area contributed by atoms with E-state index in [0.29, 0.717) is 6.54 Å². The van der Waals surface area contributed by atoms with Gasteiger partial charge in [-0.15, -0.1) is 0 Å². The number of amides is 2. The van der Waals surface area contributed by atoms with Crippen molar-refractivity contribution in [1.82, 2.24) is 10.2 Å². The Balaban J connectivity index is 2.17. The lowest BCUT2D eigenvalue weighted by Crippen LogP contribution is -2.49. The van der Waals surface area contributed by atoms with E-state index < -0.39 is 6.04 Å². The Morgan fingerprint density at radius 3 is 2.00 bits per heavy atom. The van der Waals surface area contributed by atoms with E-state index in [1.807, 2.05) is 74.5 Å².